The molecule has 2 saturated heterocycles. The van der Waals surface area contributed by atoms with Crippen molar-refractivity contribution in [3.8, 4) is 0 Å². The monoisotopic (exact) mass is 293 g/mol. The summed E-state index contributed by atoms with van der Waals surface area (Å²) in [6, 6.07) is 6.26. The lowest BCUT2D eigenvalue weighted by Crippen LogP contribution is -2.39. The first kappa shape index (κ1) is 13.7. The largest absolute Gasteiger partial charge is 0.398 e. The zero-order valence-electron chi connectivity index (χ0n) is 11.7. The molecule has 2 atom stereocenters. The van der Waals surface area contributed by atoms with Crippen molar-refractivity contribution < 1.29 is 4.79 Å². The van der Waals surface area contributed by atoms with Gasteiger partial charge in [0.2, 0.25) is 0 Å². The Balaban J connectivity index is 1.78. The summed E-state index contributed by atoms with van der Waals surface area (Å²) in [5.74, 6) is 0.0642. The van der Waals surface area contributed by atoms with E-state index in [1.54, 1.807) is 18.2 Å². The number of nitrogens with zero attached hydrogens (tertiary/aromatic N) is 2. The van der Waals surface area contributed by atoms with Crippen molar-refractivity contribution >= 4 is 23.2 Å². The van der Waals surface area contributed by atoms with Crippen LogP contribution in [0.15, 0.2) is 18.2 Å². The zero-order chi connectivity index (χ0) is 14.3. The molecule has 108 valence electrons. The predicted molar refractivity (Wildman–Crippen MR) is 81.0 cm³/mol. The summed E-state index contributed by atoms with van der Waals surface area (Å²) in [5.41, 5.74) is 6.89. The van der Waals surface area contributed by atoms with Crippen LogP contribution in [0, 0.1) is 0 Å². The molecule has 2 aliphatic heterocycles. The first-order valence-corrected chi connectivity index (χ1v) is 7.50. The Labute approximate surface area is 124 Å². The van der Waals surface area contributed by atoms with Gasteiger partial charge in [0.1, 0.15) is 0 Å². The van der Waals surface area contributed by atoms with Crippen LogP contribution < -0.4 is 5.73 Å². The number of fused-ring (bicyclic) bond motifs is 2. The zero-order valence-corrected chi connectivity index (χ0v) is 12.4. The van der Waals surface area contributed by atoms with Crippen molar-refractivity contribution in [3.63, 3.8) is 0 Å². The van der Waals surface area contributed by atoms with Gasteiger partial charge in [0.15, 0.2) is 0 Å². The second-order valence-electron chi connectivity index (χ2n) is 5.83. The van der Waals surface area contributed by atoms with Gasteiger partial charge >= 0.3 is 0 Å². The van der Waals surface area contributed by atoms with E-state index >= 15 is 0 Å². The maximum atomic E-state index is 12.6. The molecule has 1 aromatic carbocycles. The quantitative estimate of drug-likeness (QED) is 0.808. The van der Waals surface area contributed by atoms with Crippen molar-refractivity contribution in [2.75, 3.05) is 25.9 Å². The number of hydrogen-bond donors (Lipinski definition) is 1. The molecule has 1 aromatic rings. The maximum absolute atomic E-state index is 12.6. The highest BCUT2D eigenvalue weighted by atomic mass is 35.5. The van der Waals surface area contributed by atoms with Gasteiger partial charge in [0.25, 0.3) is 5.91 Å². The molecular formula is C15H20ClN3O. The van der Waals surface area contributed by atoms with Gasteiger partial charge in [-0.2, -0.15) is 0 Å². The van der Waals surface area contributed by atoms with Crippen LogP contribution in [0.4, 0.5) is 5.69 Å². The summed E-state index contributed by atoms with van der Waals surface area (Å²) in [6.45, 7) is 1.64. The fraction of sp³-hybridized carbons (Fsp3) is 0.533. The van der Waals surface area contributed by atoms with Crippen LogP contribution in [-0.4, -0.2) is 47.9 Å². The molecule has 2 fully saturated rings. The minimum absolute atomic E-state index is 0.0642. The third-order valence-corrected chi connectivity index (χ3v) is 5.02. The molecule has 2 unspecified atom stereocenters. The highest BCUT2D eigenvalue weighted by molar-refractivity contribution is 6.33. The van der Waals surface area contributed by atoms with E-state index in [0.717, 1.165) is 19.5 Å². The molecule has 20 heavy (non-hydrogen) atoms. The molecule has 1 amide bonds. The summed E-state index contributed by atoms with van der Waals surface area (Å²) < 4.78 is 0. The maximum Gasteiger partial charge on any atom is 0.253 e. The van der Waals surface area contributed by atoms with E-state index in [1.807, 2.05) is 4.90 Å². The average Bonchev–Trinajstić information content (AvgIpc) is 2.66. The predicted octanol–water partition coefficient (Wildman–Crippen LogP) is 2.23. The Hall–Kier alpha value is -1.26. The summed E-state index contributed by atoms with van der Waals surface area (Å²) in [4.78, 5) is 17.0. The third-order valence-electron chi connectivity index (χ3n) is 4.68. The number of likely N-dealkylation sites (N-methyl/N-ethyl adjacent to an activating group) is 1. The van der Waals surface area contributed by atoms with E-state index in [-0.39, 0.29) is 5.91 Å². The second-order valence-corrected chi connectivity index (χ2v) is 6.23. The molecule has 0 aromatic heterocycles. The molecule has 2 heterocycles. The van der Waals surface area contributed by atoms with Crippen molar-refractivity contribution in [2.45, 2.75) is 31.3 Å². The van der Waals surface area contributed by atoms with Crippen LogP contribution in [0.5, 0.6) is 0 Å². The van der Waals surface area contributed by atoms with Crippen LogP contribution >= 0.6 is 11.6 Å². The lowest BCUT2D eigenvalue weighted by atomic mass is 10.1. The van der Waals surface area contributed by atoms with Gasteiger partial charge in [0, 0.05) is 30.7 Å². The molecule has 5 heteroatoms. The van der Waals surface area contributed by atoms with E-state index in [0.29, 0.717) is 28.4 Å². The first-order valence-electron chi connectivity index (χ1n) is 7.12. The van der Waals surface area contributed by atoms with E-state index in [2.05, 4.69) is 11.9 Å². The van der Waals surface area contributed by atoms with Crippen molar-refractivity contribution in [1.82, 2.24) is 9.80 Å². The number of carbonyl (C=O) groups excluding carboxylic acids is 1. The van der Waals surface area contributed by atoms with Crippen LogP contribution in [0.2, 0.25) is 5.02 Å². The fourth-order valence-corrected chi connectivity index (χ4v) is 3.47. The molecule has 3 rings (SSSR count). The lowest BCUT2D eigenvalue weighted by Gasteiger charge is -2.26. The molecule has 0 radical (unpaired) electrons. The molecule has 2 aliphatic rings. The van der Waals surface area contributed by atoms with Gasteiger partial charge in [-0.05, 0) is 44.5 Å². The molecule has 0 spiro atoms. The summed E-state index contributed by atoms with van der Waals surface area (Å²) in [5, 5.41) is 0.496. The van der Waals surface area contributed by atoms with E-state index in [1.165, 1.54) is 12.8 Å². The number of benzene rings is 1. The number of nitrogens with two attached hydrogens (primary N) is 1. The minimum atomic E-state index is 0.0642. The second kappa shape index (κ2) is 5.26. The highest BCUT2D eigenvalue weighted by Gasteiger charge is 2.36. The Kier molecular flexibility index (Phi) is 3.61. The molecule has 0 aliphatic carbocycles. The molecule has 2 N–H and O–H groups in total. The van der Waals surface area contributed by atoms with Crippen molar-refractivity contribution in [1.29, 1.82) is 0 Å². The Morgan fingerprint density at radius 3 is 2.80 bits per heavy atom. The van der Waals surface area contributed by atoms with E-state index in [9.17, 15) is 4.79 Å². The molecule has 4 nitrogen and oxygen atoms in total. The number of anilines is 1. The fourth-order valence-electron chi connectivity index (χ4n) is 3.35. The van der Waals surface area contributed by atoms with Crippen molar-refractivity contribution in [3.05, 3.63) is 28.8 Å². The molecule has 0 saturated carbocycles. The summed E-state index contributed by atoms with van der Waals surface area (Å²) >= 11 is 5.91. The Morgan fingerprint density at radius 1 is 1.30 bits per heavy atom. The minimum Gasteiger partial charge on any atom is -0.398 e. The summed E-state index contributed by atoms with van der Waals surface area (Å²) in [6.07, 6.45) is 3.51. The van der Waals surface area contributed by atoms with Gasteiger partial charge in [-0.1, -0.05) is 11.6 Å². The first-order chi connectivity index (χ1) is 9.56. The number of likely N-dealkylation sites (tertiary alicyclic amines) is 1. The van der Waals surface area contributed by atoms with Gasteiger partial charge in [-0.25, -0.2) is 0 Å². The number of rotatable bonds is 1. The van der Waals surface area contributed by atoms with Crippen LogP contribution in [0.3, 0.4) is 0 Å². The molecule has 2 bridgehead atoms. The normalized spacial score (nSPS) is 26.6. The Bertz CT molecular complexity index is 534. The van der Waals surface area contributed by atoms with Crippen LogP contribution in [-0.2, 0) is 0 Å². The van der Waals surface area contributed by atoms with Gasteiger partial charge in [0.05, 0.1) is 10.7 Å². The number of nitrogen functional groups attached to an aromatic ring is 1. The number of halogens is 1. The van der Waals surface area contributed by atoms with Crippen molar-refractivity contribution in [2.24, 2.45) is 0 Å². The third kappa shape index (κ3) is 2.38. The van der Waals surface area contributed by atoms with Gasteiger partial charge in [-0.3, -0.25) is 9.69 Å². The van der Waals surface area contributed by atoms with Crippen LogP contribution in [0.25, 0.3) is 0 Å². The van der Waals surface area contributed by atoms with E-state index < -0.39 is 0 Å². The summed E-state index contributed by atoms with van der Waals surface area (Å²) in [7, 11) is 2.18. The topological polar surface area (TPSA) is 49.6 Å². The average molecular weight is 294 g/mol. The molecular weight excluding hydrogens is 274 g/mol. The van der Waals surface area contributed by atoms with Gasteiger partial charge in [-0.15, -0.1) is 0 Å². The number of hydrogen-bond acceptors (Lipinski definition) is 3. The number of carbonyl (C=O) groups is 1. The lowest BCUT2D eigenvalue weighted by molar-refractivity contribution is 0.0740. The smallest absolute Gasteiger partial charge is 0.253 e. The number of amides is 1. The highest BCUT2D eigenvalue weighted by Crippen LogP contribution is 2.29. The van der Waals surface area contributed by atoms with Crippen LogP contribution in [0.1, 0.15) is 29.6 Å². The Morgan fingerprint density at radius 2 is 2.05 bits per heavy atom. The van der Waals surface area contributed by atoms with Gasteiger partial charge < -0.3 is 10.6 Å². The standard InChI is InChI=1S/C15H20ClN3O/c1-18-11-3-4-12(18)9-19(7-6-11)15(20)10-2-5-13(16)14(17)8-10/h2,5,8,11-12H,3-4,6-7,9,17H2,1H3. The SMILES string of the molecule is CN1C2CCC1CN(C(=O)c1ccc(Cl)c(N)c1)CC2. The van der Waals surface area contributed by atoms with E-state index in [4.69, 9.17) is 17.3 Å².